The number of aryl methyl sites for hydroxylation is 1. The Kier molecular flexibility index (Phi) is 5.26. The van der Waals surface area contributed by atoms with Gasteiger partial charge in [-0.3, -0.25) is 0 Å². The minimum atomic E-state index is -0.375. The van der Waals surface area contributed by atoms with E-state index in [4.69, 9.17) is 27.6 Å². The Labute approximate surface area is 155 Å². The number of nitrogens with one attached hydrogen (secondary N) is 2. The quantitative estimate of drug-likeness (QED) is 0.651. The van der Waals surface area contributed by atoms with Gasteiger partial charge < -0.3 is 15.1 Å². The number of rotatable bonds is 4. The summed E-state index contributed by atoms with van der Waals surface area (Å²) in [5.41, 5.74) is 1.96. The lowest BCUT2D eigenvalue weighted by molar-refractivity contribution is 0.251. The molecule has 0 atom stereocenters. The molecule has 1 aromatic heterocycles. The van der Waals surface area contributed by atoms with E-state index >= 15 is 0 Å². The first kappa shape index (κ1) is 17.3. The van der Waals surface area contributed by atoms with E-state index in [9.17, 15) is 4.79 Å². The minimum Gasteiger partial charge on any atom is -0.441 e. The molecule has 128 valence electrons. The highest BCUT2D eigenvalue weighted by Crippen LogP contribution is 2.24. The van der Waals surface area contributed by atoms with Gasteiger partial charge in [0.15, 0.2) is 0 Å². The van der Waals surface area contributed by atoms with Crippen molar-refractivity contribution in [2.75, 3.05) is 5.32 Å². The van der Waals surface area contributed by atoms with E-state index in [-0.39, 0.29) is 12.6 Å². The molecule has 0 aliphatic heterocycles. The van der Waals surface area contributed by atoms with Crippen LogP contribution in [0.1, 0.15) is 11.5 Å². The van der Waals surface area contributed by atoms with Crippen molar-refractivity contribution in [1.82, 2.24) is 10.3 Å². The number of benzene rings is 2. The zero-order chi connectivity index (χ0) is 17.8. The van der Waals surface area contributed by atoms with Crippen LogP contribution in [-0.2, 0) is 6.54 Å². The van der Waals surface area contributed by atoms with Crippen LogP contribution in [0.4, 0.5) is 10.5 Å². The van der Waals surface area contributed by atoms with E-state index in [0.717, 1.165) is 5.56 Å². The number of carbonyl (C=O) groups is 1. The fraction of sp³-hybridized carbons (Fsp3) is 0.111. The maximum Gasteiger partial charge on any atom is 0.319 e. The summed E-state index contributed by atoms with van der Waals surface area (Å²) in [4.78, 5) is 16.4. The van der Waals surface area contributed by atoms with Crippen LogP contribution in [0.15, 0.2) is 52.9 Å². The van der Waals surface area contributed by atoms with Crippen molar-refractivity contribution in [2.24, 2.45) is 0 Å². The molecule has 0 aliphatic rings. The van der Waals surface area contributed by atoms with Crippen LogP contribution < -0.4 is 10.6 Å². The van der Waals surface area contributed by atoms with Crippen molar-refractivity contribution in [2.45, 2.75) is 13.5 Å². The van der Waals surface area contributed by atoms with Crippen LogP contribution >= 0.6 is 23.2 Å². The summed E-state index contributed by atoms with van der Waals surface area (Å²) in [5, 5.41) is 6.50. The number of oxazole rings is 1. The summed E-state index contributed by atoms with van der Waals surface area (Å²) in [6.45, 7) is 2.02. The molecule has 0 aliphatic carbocycles. The molecule has 0 fully saturated rings. The molecule has 0 spiro atoms. The summed E-state index contributed by atoms with van der Waals surface area (Å²) in [6, 6.07) is 13.9. The minimum absolute atomic E-state index is 0.228. The van der Waals surface area contributed by atoms with Gasteiger partial charge in [-0.25, -0.2) is 9.78 Å². The zero-order valence-electron chi connectivity index (χ0n) is 13.3. The predicted octanol–water partition coefficient (Wildman–Crippen LogP) is 5.28. The highest BCUT2D eigenvalue weighted by Gasteiger charge is 2.13. The number of aromatic nitrogens is 1. The number of para-hydroxylation sites is 1. The van der Waals surface area contributed by atoms with Crippen molar-refractivity contribution < 1.29 is 9.21 Å². The van der Waals surface area contributed by atoms with Gasteiger partial charge in [-0.05, 0) is 37.3 Å². The number of amides is 2. The molecule has 0 saturated heterocycles. The lowest BCUT2D eigenvalue weighted by atomic mass is 10.2. The Balaban J connectivity index is 1.66. The van der Waals surface area contributed by atoms with Crippen LogP contribution in [0.2, 0.25) is 10.0 Å². The average Bonchev–Trinajstić information content (AvgIpc) is 2.96. The molecule has 3 aromatic rings. The normalized spacial score (nSPS) is 10.5. The third kappa shape index (κ3) is 4.32. The zero-order valence-corrected chi connectivity index (χ0v) is 14.9. The number of halogens is 2. The van der Waals surface area contributed by atoms with Gasteiger partial charge >= 0.3 is 6.03 Å². The molecule has 2 aromatic carbocycles. The lowest BCUT2D eigenvalue weighted by Crippen LogP contribution is -2.28. The first-order valence-electron chi connectivity index (χ1n) is 7.54. The second-order valence-corrected chi connectivity index (χ2v) is 6.16. The molecule has 5 nitrogen and oxygen atoms in total. The Morgan fingerprint density at radius 2 is 1.96 bits per heavy atom. The lowest BCUT2D eigenvalue weighted by Gasteiger charge is -2.07. The molecule has 0 radical (unpaired) electrons. The summed E-state index contributed by atoms with van der Waals surface area (Å²) >= 11 is 12.0. The first-order valence-corrected chi connectivity index (χ1v) is 8.30. The number of hydrogen-bond donors (Lipinski definition) is 2. The van der Waals surface area contributed by atoms with Gasteiger partial charge in [0.05, 0.1) is 17.3 Å². The van der Waals surface area contributed by atoms with Crippen LogP contribution in [0.25, 0.3) is 11.5 Å². The Bertz CT molecular complexity index is 909. The van der Waals surface area contributed by atoms with E-state index in [0.29, 0.717) is 33.1 Å². The average molecular weight is 376 g/mol. The number of urea groups is 1. The van der Waals surface area contributed by atoms with Crippen LogP contribution in [0.5, 0.6) is 0 Å². The Morgan fingerprint density at radius 3 is 2.72 bits per heavy atom. The van der Waals surface area contributed by atoms with Gasteiger partial charge in [0, 0.05) is 10.6 Å². The van der Waals surface area contributed by atoms with Crippen molar-refractivity contribution in [3.05, 3.63) is 70.0 Å². The van der Waals surface area contributed by atoms with Crippen LogP contribution in [0, 0.1) is 6.92 Å². The van der Waals surface area contributed by atoms with E-state index < -0.39 is 0 Å². The van der Waals surface area contributed by atoms with Gasteiger partial charge in [-0.1, -0.05) is 41.4 Å². The molecule has 2 N–H and O–H groups in total. The van der Waals surface area contributed by atoms with E-state index in [2.05, 4.69) is 15.6 Å². The standard InChI is InChI=1S/C18H15Cl2N3O2/c1-11-16(22-17(25-11)12-5-4-6-13(19)9-12)10-21-18(24)23-15-8-3-2-7-14(15)20/h2-9H,10H2,1H3,(H2,21,23,24). The van der Waals surface area contributed by atoms with Gasteiger partial charge in [-0.2, -0.15) is 0 Å². The van der Waals surface area contributed by atoms with Gasteiger partial charge in [0.1, 0.15) is 11.5 Å². The predicted molar refractivity (Wildman–Crippen MR) is 99.0 cm³/mol. The van der Waals surface area contributed by atoms with Gasteiger partial charge in [0.25, 0.3) is 0 Å². The second kappa shape index (κ2) is 7.59. The molecular weight excluding hydrogens is 361 g/mol. The van der Waals surface area contributed by atoms with Crippen LogP contribution in [0.3, 0.4) is 0 Å². The van der Waals surface area contributed by atoms with Crippen molar-refractivity contribution in [1.29, 1.82) is 0 Å². The smallest absolute Gasteiger partial charge is 0.319 e. The summed E-state index contributed by atoms with van der Waals surface area (Å²) in [7, 11) is 0. The maximum absolute atomic E-state index is 12.0. The largest absolute Gasteiger partial charge is 0.441 e. The van der Waals surface area contributed by atoms with Crippen molar-refractivity contribution in [3.8, 4) is 11.5 Å². The molecule has 0 unspecified atom stereocenters. The van der Waals surface area contributed by atoms with E-state index in [1.165, 1.54) is 0 Å². The fourth-order valence-corrected chi connectivity index (χ4v) is 2.60. The highest BCUT2D eigenvalue weighted by molar-refractivity contribution is 6.33. The summed E-state index contributed by atoms with van der Waals surface area (Å²) in [5.74, 6) is 1.09. The molecule has 2 amide bonds. The number of carbonyl (C=O) groups excluding carboxylic acids is 1. The van der Waals surface area contributed by atoms with Gasteiger partial charge in [-0.15, -0.1) is 0 Å². The second-order valence-electron chi connectivity index (χ2n) is 5.32. The molecule has 3 rings (SSSR count). The number of hydrogen-bond acceptors (Lipinski definition) is 3. The molecule has 7 heteroatoms. The Hall–Kier alpha value is -2.50. The fourth-order valence-electron chi connectivity index (χ4n) is 2.23. The van der Waals surface area contributed by atoms with E-state index in [1.54, 1.807) is 43.3 Å². The van der Waals surface area contributed by atoms with E-state index in [1.807, 2.05) is 12.1 Å². The monoisotopic (exact) mass is 375 g/mol. The van der Waals surface area contributed by atoms with Crippen molar-refractivity contribution in [3.63, 3.8) is 0 Å². The third-order valence-corrected chi connectivity index (χ3v) is 4.07. The topological polar surface area (TPSA) is 67.2 Å². The summed E-state index contributed by atoms with van der Waals surface area (Å²) < 4.78 is 5.66. The first-order chi connectivity index (χ1) is 12.0. The van der Waals surface area contributed by atoms with Crippen LogP contribution in [-0.4, -0.2) is 11.0 Å². The molecule has 0 saturated carbocycles. The highest BCUT2D eigenvalue weighted by atomic mass is 35.5. The number of nitrogens with zero attached hydrogens (tertiary/aromatic N) is 1. The van der Waals surface area contributed by atoms with Gasteiger partial charge in [0.2, 0.25) is 5.89 Å². The molecule has 0 bridgehead atoms. The number of anilines is 1. The maximum atomic E-state index is 12.0. The summed E-state index contributed by atoms with van der Waals surface area (Å²) in [6.07, 6.45) is 0. The van der Waals surface area contributed by atoms with Crippen molar-refractivity contribution >= 4 is 34.9 Å². The SMILES string of the molecule is Cc1oc(-c2cccc(Cl)c2)nc1CNC(=O)Nc1ccccc1Cl. The third-order valence-electron chi connectivity index (χ3n) is 3.50. The molecular formula is C18H15Cl2N3O2. The molecule has 25 heavy (non-hydrogen) atoms. The Morgan fingerprint density at radius 1 is 1.16 bits per heavy atom. The molecule has 1 heterocycles.